The molecule has 0 rings (SSSR count). The minimum absolute atomic E-state index is 0.195. The van der Waals surface area contributed by atoms with Crippen molar-refractivity contribution in [1.82, 2.24) is 0 Å². The highest BCUT2D eigenvalue weighted by Gasteiger charge is 2.45. The lowest BCUT2D eigenvalue weighted by Crippen LogP contribution is -2.34. The fourth-order valence-electron chi connectivity index (χ4n) is 2.57. The van der Waals surface area contributed by atoms with Crippen LogP contribution in [0.25, 0.3) is 0 Å². The Hall–Kier alpha value is 0.450. The molecule has 0 aromatic carbocycles. The quantitative estimate of drug-likeness (QED) is 0.365. The van der Waals surface area contributed by atoms with Gasteiger partial charge in [0, 0.05) is 20.6 Å². The van der Waals surface area contributed by atoms with Crippen molar-refractivity contribution in [2.45, 2.75) is 78.0 Å². The third-order valence-electron chi connectivity index (χ3n) is 4.52. The van der Waals surface area contributed by atoms with Gasteiger partial charge in [0.25, 0.3) is 0 Å². The summed E-state index contributed by atoms with van der Waals surface area (Å²) in [6.45, 7) is 13.8. The van der Waals surface area contributed by atoms with Crippen LogP contribution < -0.4 is 0 Å². The van der Waals surface area contributed by atoms with E-state index in [0.29, 0.717) is 25.7 Å². The highest BCUT2D eigenvalue weighted by Crippen LogP contribution is 2.65. The average Bonchev–Trinajstić information content (AvgIpc) is 2.53. The molecule has 0 aromatic rings. The van der Waals surface area contributed by atoms with Gasteiger partial charge in [0.05, 0.1) is 24.4 Å². The van der Waals surface area contributed by atoms with Crippen LogP contribution in [0.15, 0.2) is 0 Å². The fraction of sp³-hybridized carbons (Fsp3) is 0.941. The van der Waals surface area contributed by atoms with Crippen LogP contribution in [0.5, 0.6) is 0 Å². The maximum absolute atomic E-state index is 9.49. The van der Waals surface area contributed by atoms with Gasteiger partial charge in [0.15, 0.2) is 6.49 Å². The summed E-state index contributed by atoms with van der Waals surface area (Å²) in [5.74, 6) is 0.351. The molecule has 0 heterocycles. The highest BCUT2D eigenvalue weighted by atomic mass is 32.5. The van der Waals surface area contributed by atoms with E-state index in [0.717, 1.165) is 19.3 Å². The van der Waals surface area contributed by atoms with Gasteiger partial charge in [0.1, 0.15) is 0 Å². The normalized spacial score (nSPS) is 17.8. The van der Waals surface area contributed by atoms with Gasteiger partial charge in [-0.15, -0.1) is 0 Å². The predicted octanol–water partition coefficient (Wildman–Crippen LogP) is 5.87. The summed E-state index contributed by atoms with van der Waals surface area (Å²) < 4.78 is 17.5. The van der Waals surface area contributed by atoms with Gasteiger partial charge >= 0.3 is 0 Å². The van der Waals surface area contributed by atoms with Crippen molar-refractivity contribution in [3.05, 3.63) is 0 Å². The Morgan fingerprint density at radius 3 is 2.00 bits per heavy atom. The van der Waals surface area contributed by atoms with Crippen molar-refractivity contribution < 1.29 is 13.6 Å². The van der Waals surface area contributed by atoms with Crippen LogP contribution >= 0.6 is 15.3 Å². The second-order valence-corrected chi connectivity index (χ2v) is 12.2. The molecule has 0 N–H and O–H groups in total. The molecule has 7 heteroatoms. The maximum Gasteiger partial charge on any atom is 0.194 e. The molecule has 4 nitrogen and oxygen atoms in total. The number of hydrogen-bond donors (Lipinski definition) is 0. The molecule has 3 atom stereocenters. The van der Waals surface area contributed by atoms with Crippen molar-refractivity contribution >= 4 is 27.1 Å². The minimum Gasteiger partial charge on any atom is -0.361 e. The number of rotatable bonds is 13. The second kappa shape index (κ2) is 11.2. The van der Waals surface area contributed by atoms with E-state index < -0.39 is 11.6 Å². The maximum atomic E-state index is 9.49. The molecule has 0 radical (unpaired) electrons. The number of hydrogen-bond acceptors (Lipinski definition) is 5. The van der Waals surface area contributed by atoms with E-state index in [2.05, 4.69) is 26.8 Å². The number of nitriles is 1. The third-order valence-corrected chi connectivity index (χ3v) is 10.8. The summed E-state index contributed by atoms with van der Waals surface area (Å²) in [6, 6.07) is 2.43. The van der Waals surface area contributed by atoms with Crippen molar-refractivity contribution in [2.75, 3.05) is 19.8 Å². The first kappa shape index (κ1) is 24.5. The molecule has 0 saturated heterocycles. The van der Waals surface area contributed by atoms with Crippen LogP contribution in [-0.2, 0) is 25.4 Å². The van der Waals surface area contributed by atoms with Crippen LogP contribution in [0.1, 0.15) is 67.7 Å². The van der Waals surface area contributed by atoms with Crippen LogP contribution in [-0.4, -0.2) is 30.1 Å². The van der Waals surface area contributed by atoms with Crippen molar-refractivity contribution in [1.29, 1.82) is 5.26 Å². The predicted molar refractivity (Wildman–Crippen MR) is 109 cm³/mol. The summed E-state index contributed by atoms with van der Waals surface area (Å²) in [5, 5.41) is 8.87. The van der Waals surface area contributed by atoms with Gasteiger partial charge in [-0.05, 0) is 58.3 Å². The molecule has 0 aromatic heterocycles. The molecule has 0 bridgehead atoms. The molecule has 0 aliphatic carbocycles. The Morgan fingerprint density at radius 1 is 1.08 bits per heavy atom. The molecule has 0 aliphatic heterocycles. The van der Waals surface area contributed by atoms with Crippen LogP contribution in [0, 0.1) is 17.2 Å². The topological polar surface area (TPSA) is 51.5 Å². The Kier molecular flexibility index (Phi) is 11.4. The smallest absolute Gasteiger partial charge is 0.194 e. The van der Waals surface area contributed by atoms with E-state index in [1.807, 2.05) is 27.7 Å². The molecule has 0 spiro atoms. The van der Waals surface area contributed by atoms with E-state index in [-0.39, 0.29) is 14.0 Å². The Bertz CT molecular complexity index is 446. The van der Waals surface area contributed by atoms with E-state index in [9.17, 15) is 5.26 Å². The first-order valence-corrected chi connectivity index (χ1v) is 12.4. The molecule has 0 amide bonds. The summed E-state index contributed by atoms with van der Waals surface area (Å²) in [5.41, 5.74) is 0. The van der Waals surface area contributed by atoms with Gasteiger partial charge in [-0.25, -0.2) is 0 Å². The number of nitrogens with zero attached hydrogens (tertiary/aromatic N) is 1. The van der Waals surface area contributed by atoms with E-state index in [4.69, 9.17) is 25.4 Å². The van der Waals surface area contributed by atoms with Crippen molar-refractivity contribution in [3.8, 4) is 6.07 Å². The van der Waals surface area contributed by atoms with Gasteiger partial charge < -0.3 is 13.6 Å². The molecule has 0 saturated carbocycles. The standard InChI is InChI=1S/C17H35NO3P2S/c1-8-19-22-16(6,14-18)12-11-13-17(7,15(4)5)23(24,20-9-2)21-10-3/h15,22H,8-13H2,1-7H3. The van der Waals surface area contributed by atoms with Gasteiger partial charge in [-0.1, -0.05) is 27.2 Å². The average molecular weight is 395 g/mol. The molecule has 142 valence electrons. The Labute approximate surface area is 156 Å². The molecule has 24 heavy (non-hydrogen) atoms. The van der Waals surface area contributed by atoms with Gasteiger partial charge in [-0.3, -0.25) is 0 Å². The van der Waals surface area contributed by atoms with Gasteiger partial charge in [0.2, 0.25) is 0 Å². The third kappa shape index (κ3) is 6.64. The zero-order valence-electron chi connectivity index (χ0n) is 16.3. The lowest BCUT2D eigenvalue weighted by Gasteiger charge is -2.43. The fourth-order valence-corrected chi connectivity index (χ4v) is 7.31. The zero-order valence-corrected chi connectivity index (χ0v) is 19.1. The molecular weight excluding hydrogens is 360 g/mol. The SMILES string of the molecule is CCOPC(C)(C#N)CCCC(C)(C(C)C)P(=S)(OCC)OCC. The van der Waals surface area contributed by atoms with E-state index in [1.165, 1.54) is 0 Å². The lowest BCUT2D eigenvalue weighted by molar-refractivity contribution is 0.226. The largest absolute Gasteiger partial charge is 0.361 e. The summed E-state index contributed by atoms with van der Waals surface area (Å²) in [4.78, 5) is 0. The Morgan fingerprint density at radius 2 is 1.62 bits per heavy atom. The lowest BCUT2D eigenvalue weighted by atomic mass is 9.89. The Balaban J connectivity index is 5.14. The first-order valence-electron chi connectivity index (χ1n) is 8.84. The molecule has 0 fully saturated rings. The van der Waals surface area contributed by atoms with E-state index >= 15 is 0 Å². The van der Waals surface area contributed by atoms with Gasteiger partial charge in [-0.2, -0.15) is 5.26 Å². The highest BCUT2D eigenvalue weighted by molar-refractivity contribution is 8.10. The minimum atomic E-state index is -2.39. The molecule has 0 aliphatic rings. The zero-order chi connectivity index (χ0) is 18.9. The molecular formula is C17H35NO3P2S. The summed E-state index contributed by atoms with van der Waals surface area (Å²) in [7, 11) is 0.211. The molecule has 3 unspecified atom stereocenters. The van der Waals surface area contributed by atoms with Crippen LogP contribution in [0.4, 0.5) is 0 Å². The van der Waals surface area contributed by atoms with Crippen molar-refractivity contribution in [2.24, 2.45) is 5.92 Å². The summed E-state index contributed by atoms with van der Waals surface area (Å²) in [6.07, 6.45) is 2.62. The monoisotopic (exact) mass is 395 g/mol. The summed E-state index contributed by atoms with van der Waals surface area (Å²) >= 11 is 5.90. The van der Waals surface area contributed by atoms with Crippen LogP contribution in [0.3, 0.4) is 0 Å². The van der Waals surface area contributed by atoms with Crippen molar-refractivity contribution in [3.63, 3.8) is 0 Å². The van der Waals surface area contributed by atoms with Crippen LogP contribution in [0.2, 0.25) is 0 Å². The first-order chi connectivity index (χ1) is 11.1. The second-order valence-electron chi connectivity index (χ2n) is 6.68. The van der Waals surface area contributed by atoms with E-state index in [1.54, 1.807) is 0 Å².